The minimum Gasteiger partial charge on any atom is -0.486 e. The van der Waals surface area contributed by atoms with E-state index in [9.17, 15) is 4.79 Å². The summed E-state index contributed by atoms with van der Waals surface area (Å²) in [6.45, 7) is 4.78. The zero-order chi connectivity index (χ0) is 18.6. The van der Waals surface area contributed by atoms with Crippen LogP contribution in [0.4, 0.5) is 10.5 Å². The minimum atomic E-state index is -0.0428. The van der Waals surface area contributed by atoms with E-state index in [-0.39, 0.29) is 12.1 Å². The van der Waals surface area contributed by atoms with Crippen LogP contribution >= 0.6 is 0 Å². The van der Waals surface area contributed by atoms with Gasteiger partial charge in [-0.1, -0.05) is 0 Å². The van der Waals surface area contributed by atoms with E-state index < -0.39 is 0 Å². The molecule has 2 aliphatic heterocycles. The Morgan fingerprint density at radius 2 is 2.11 bits per heavy atom. The van der Waals surface area contributed by atoms with Crippen LogP contribution in [0, 0.1) is 6.92 Å². The average Bonchev–Trinajstić information content (AvgIpc) is 3.11. The summed E-state index contributed by atoms with van der Waals surface area (Å²) in [5, 5.41) is 3.03. The Kier molecular flexibility index (Phi) is 5.18. The number of nitrogens with zero attached hydrogens (tertiary/aromatic N) is 3. The maximum Gasteiger partial charge on any atom is 0.322 e. The van der Waals surface area contributed by atoms with Gasteiger partial charge < -0.3 is 24.3 Å². The number of amides is 2. The lowest BCUT2D eigenvalue weighted by atomic mass is 9.99. The summed E-state index contributed by atoms with van der Waals surface area (Å²) in [5.74, 6) is 2.42. The zero-order valence-electron chi connectivity index (χ0n) is 15.7. The third-order valence-corrected chi connectivity index (χ3v) is 5.31. The first-order valence-electron chi connectivity index (χ1n) is 9.66. The number of aromatic nitrogens is 2. The van der Waals surface area contributed by atoms with Gasteiger partial charge >= 0.3 is 6.03 Å². The number of benzene rings is 1. The Balaban J connectivity index is 1.40. The number of hydrogen-bond donors (Lipinski definition) is 1. The van der Waals surface area contributed by atoms with E-state index in [4.69, 9.17) is 9.47 Å². The predicted molar refractivity (Wildman–Crippen MR) is 102 cm³/mol. The molecule has 1 N–H and O–H groups in total. The Morgan fingerprint density at radius 3 is 2.93 bits per heavy atom. The van der Waals surface area contributed by atoms with Gasteiger partial charge in [-0.05, 0) is 44.7 Å². The molecule has 2 aromatic rings. The molecule has 27 heavy (non-hydrogen) atoms. The molecule has 1 aromatic carbocycles. The van der Waals surface area contributed by atoms with Crippen LogP contribution < -0.4 is 14.8 Å². The topological polar surface area (TPSA) is 68.6 Å². The van der Waals surface area contributed by atoms with Crippen LogP contribution in [0.25, 0.3) is 0 Å². The lowest BCUT2D eigenvalue weighted by Crippen LogP contribution is -2.46. The molecule has 7 heteroatoms. The summed E-state index contributed by atoms with van der Waals surface area (Å²) in [6.07, 6.45) is 8.02. The van der Waals surface area contributed by atoms with Crippen molar-refractivity contribution in [1.29, 1.82) is 0 Å². The summed E-state index contributed by atoms with van der Waals surface area (Å²) < 4.78 is 13.3. The second-order valence-corrected chi connectivity index (χ2v) is 7.09. The van der Waals surface area contributed by atoms with Gasteiger partial charge in [-0.3, -0.25) is 0 Å². The highest BCUT2D eigenvalue weighted by molar-refractivity contribution is 5.90. The molecule has 1 atom stereocenters. The molecule has 0 bridgehead atoms. The number of fused-ring (bicyclic) bond motifs is 1. The first-order chi connectivity index (χ1) is 13.2. The predicted octanol–water partition coefficient (Wildman–Crippen LogP) is 3.44. The van der Waals surface area contributed by atoms with Crippen molar-refractivity contribution >= 4 is 11.7 Å². The standard InChI is InChI=1S/C20H26N4O3/c1-15-21-8-11-23(15)10-7-17-4-2-3-9-24(17)20(25)22-16-5-6-18-19(14-16)27-13-12-26-18/h5-6,8,11,14,17H,2-4,7,9-10,12-13H2,1H3,(H,22,25). The lowest BCUT2D eigenvalue weighted by Gasteiger charge is -2.36. The molecule has 4 rings (SSSR count). The highest BCUT2D eigenvalue weighted by Crippen LogP contribution is 2.33. The van der Waals surface area contributed by atoms with Crippen molar-refractivity contribution in [3.63, 3.8) is 0 Å². The van der Waals surface area contributed by atoms with E-state index in [1.54, 1.807) is 0 Å². The number of carbonyl (C=O) groups excluding carboxylic acids is 1. The van der Waals surface area contributed by atoms with Crippen LogP contribution in [0.3, 0.4) is 0 Å². The molecule has 0 saturated carbocycles. The minimum absolute atomic E-state index is 0.0428. The molecule has 1 fully saturated rings. The number of piperidine rings is 1. The summed E-state index contributed by atoms with van der Waals surface area (Å²) in [6, 6.07) is 5.75. The summed E-state index contributed by atoms with van der Waals surface area (Å²) >= 11 is 0. The maximum absolute atomic E-state index is 12.9. The second kappa shape index (κ2) is 7.90. The fourth-order valence-electron chi connectivity index (χ4n) is 3.81. The second-order valence-electron chi connectivity index (χ2n) is 7.09. The molecular weight excluding hydrogens is 344 g/mol. The summed E-state index contributed by atoms with van der Waals surface area (Å²) in [4.78, 5) is 19.2. The van der Waals surface area contributed by atoms with Gasteiger partial charge in [0.25, 0.3) is 0 Å². The van der Waals surface area contributed by atoms with Crippen molar-refractivity contribution in [3.8, 4) is 11.5 Å². The van der Waals surface area contributed by atoms with Gasteiger partial charge in [-0.2, -0.15) is 0 Å². The largest absolute Gasteiger partial charge is 0.486 e. The van der Waals surface area contributed by atoms with Gasteiger partial charge in [-0.15, -0.1) is 0 Å². The van der Waals surface area contributed by atoms with Gasteiger partial charge in [0, 0.05) is 43.3 Å². The van der Waals surface area contributed by atoms with E-state index >= 15 is 0 Å². The first kappa shape index (κ1) is 17.7. The number of rotatable bonds is 4. The van der Waals surface area contributed by atoms with Crippen molar-refractivity contribution in [2.24, 2.45) is 0 Å². The number of likely N-dealkylation sites (tertiary alicyclic amines) is 1. The van der Waals surface area contributed by atoms with Crippen LogP contribution in [0.2, 0.25) is 0 Å². The van der Waals surface area contributed by atoms with Gasteiger partial charge in [0.15, 0.2) is 11.5 Å². The number of hydrogen-bond acceptors (Lipinski definition) is 4. The van der Waals surface area contributed by atoms with E-state index in [2.05, 4.69) is 14.9 Å². The van der Waals surface area contributed by atoms with Gasteiger partial charge in [0.2, 0.25) is 0 Å². The van der Waals surface area contributed by atoms with Crippen molar-refractivity contribution in [2.45, 2.75) is 45.2 Å². The highest BCUT2D eigenvalue weighted by Gasteiger charge is 2.27. The van der Waals surface area contributed by atoms with Crippen molar-refractivity contribution in [2.75, 3.05) is 25.1 Å². The van der Waals surface area contributed by atoms with E-state index in [0.29, 0.717) is 19.0 Å². The molecule has 144 valence electrons. The highest BCUT2D eigenvalue weighted by atomic mass is 16.6. The molecule has 2 aliphatic rings. The normalized spacial score (nSPS) is 19.0. The maximum atomic E-state index is 12.9. The number of urea groups is 1. The summed E-state index contributed by atoms with van der Waals surface area (Å²) in [5.41, 5.74) is 0.735. The number of imidazole rings is 1. The third kappa shape index (κ3) is 4.02. The van der Waals surface area contributed by atoms with Crippen LogP contribution in [-0.2, 0) is 6.54 Å². The quantitative estimate of drug-likeness (QED) is 0.895. The number of nitrogens with one attached hydrogen (secondary N) is 1. The smallest absolute Gasteiger partial charge is 0.322 e. The Labute approximate surface area is 159 Å². The average molecular weight is 370 g/mol. The van der Waals surface area contributed by atoms with Gasteiger partial charge in [0.1, 0.15) is 19.0 Å². The fraction of sp³-hybridized carbons (Fsp3) is 0.500. The van der Waals surface area contributed by atoms with E-state index in [0.717, 1.165) is 49.6 Å². The van der Waals surface area contributed by atoms with E-state index in [1.165, 1.54) is 6.42 Å². The molecule has 7 nitrogen and oxygen atoms in total. The van der Waals surface area contributed by atoms with Gasteiger partial charge in [-0.25, -0.2) is 9.78 Å². The molecule has 1 aromatic heterocycles. The fourth-order valence-corrected chi connectivity index (χ4v) is 3.81. The molecular formula is C20H26N4O3. The monoisotopic (exact) mass is 370 g/mol. The zero-order valence-corrected chi connectivity index (χ0v) is 15.7. The van der Waals surface area contributed by atoms with Gasteiger partial charge in [0.05, 0.1) is 0 Å². The molecule has 0 radical (unpaired) electrons. The number of carbonyl (C=O) groups is 1. The van der Waals surface area contributed by atoms with Crippen LogP contribution in [0.1, 0.15) is 31.5 Å². The Bertz CT molecular complexity index is 804. The number of anilines is 1. The third-order valence-electron chi connectivity index (χ3n) is 5.31. The molecule has 0 spiro atoms. The molecule has 3 heterocycles. The first-order valence-corrected chi connectivity index (χ1v) is 9.66. The Hall–Kier alpha value is -2.70. The van der Waals surface area contributed by atoms with Crippen LogP contribution in [0.15, 0.2) is 30.6 Å². The van der Waals surface area contributed by atoms with Crippen molar-refractivity contribution in [3.05, 3.63) is 36.4 Å². The molecule has 0 aliphatic carbocycles. The molecule has 1 unspecified atom stereocenters. The van der Waals surface area contributed by atoms with Crippen LogP contribution in [0.5, 0.6) is 11.5 Å². The SMILES string of the molecule is Cc1nccn1CCC1CCCCN1C(=O)Nc1ccc2c(c1)OCCO2. The van der Waals surface area contributed by atoms with Crippen LogP contribution in [-0.4, -0.2) is 46.3 Å². The van der Waals surface area contributed by atoms with E-state index in [1.807, 2.05) is 42.4 Å². The van der Waals surface area contributed by atoms with Crippen molar-refractivity contribution in [1.82, 2.24) is 14.5 Å². The number of aryl methyl sites for hydroxylation is 2. The van der Waals surface area contributed by atoms with Crippen molar-refractivity contribution < 1.29 is 14.3 Å². The molecule has 2 amide bonds. The Morgan fingerprint density at radius 1 is 1.26 bits per heavy atom. The number of ether oxygens (including phenoxy) is 2. The summed E-state index contributed by atoms with van der Waals surface area (Å²) in [7, 11) is 0. The molecule has 1 saturated heterocycles. The lowest BCUT2D eigenvalue weighted by molar-refractivity contribution is 0.155.